The summed E-state index contributed by atoms with van der Waals surface area (Å²) in [5.74, 6) is -0.551. The first-order chi connectivity index (χ1) is 8.59. The van der Waals surface area contributed by atoms with Gasteiger partial charge in [-0.05, 0) is 53.2 Å². The summed E-state index contributed by atoms with van der Waals surface area (Å²) in [5, 5.41) is 0. The van der Waals surface area contributed by atoms with Crippen molar-refractivity contribution in [3.8, 4) is 0 Å². The molecule has 1 aliphatic rings. The minimum Gasteiger partial charge on any atom is -0.207 e. The Hall–Kier alpha value is 0.0400. The predicted octanol–water partition coefficient (Wildman–Crippen LogP) is 5.61. The first kappa shape index (κ1) is 14.4. The highest BCUT2D eigenvalue weighted by molar-refractivity contribution is 9.10. The largest absolute Gasteiger partial charge is 0.207 e. The Morgan fingerprint density at radius 1 is 1.11 bits per heavy atom. The maximum atomic E-state index is 13.9. The van der Waals surface area contributed by atoms with Gasteiger partial charge in [-0.2, -0.15) is 0 Å². The van der Waals surface area contributed by atoms with E-state index in [2.05, 4.69) is 31.9 Å². The predicted molar refractivity (Wildman–Crippen MR) is 77.1 cm³/mol. The minimum atomic E-state index is -0.445. The fourth-order valence-electron chi connectivity index (χ4n) is 2.59. The zero-order valence-corrected chi connectivity index (χ0v) is 13.2. The molecule has 1 fully saturated rings. The van der Waals surface area contributed by atoms with Gasteiger partial charge in [-0.1, -0.05) is 35.2 Å². The standard InChI is InChI=1S/C14H16Br2F2/c15-11-5-3-1-2-4-9(11)8-10-13(17)7-6-12(16)14(10)18/h6-7,9,11H,1-5,8H2. The Balaban J connectivity index is 2.19. The summed E-state index contributed by atoms with van der Waals surface area (Å²) in [6.45, 7) is 0. The SMILES string of the molecule is Fc1ccc(Br)c(F)c1CC1CCCCCC1Br. The van der Waals surface area contributed by atoms with Gasteiger partial charge in [-0.25, -0.2) is 8.78 Å². The molecule has 0 spiro atoms. The average molecular weight is 382 g/mol. The van der Waals surface area contributed by atoms with Gasteiger partial charge in [0.25, 0.3) is 0 Å². The molecule has 0 amide bonds. The summed E-state index contributed by atoms with van der Waals surface area (Å²) in [5.41, 5.74) is 0.223. The first-order valence-corrected chi connectivity index (χ1v) is 8.07. The molecule has 2 atom stereocenters. The Morgan fingerprint density at radius 2 is 1.83 bits per heavy atom. The molecule has 1 aromatic carbocycles. The zero-order valence-electron chi connectivity index (χ0n) is 10.1. The number of halogens is 4. The second-order valence-electron chi connectivity index (χ2n) is 4.94. The van der Waals surface area contributed by atoms with E-state index in [0.717, 1.165) is 19.3 Å². The lowest BCUT2D eigenvalue weighted by atomic mass is 9.92. The van der Waals surface area contributed by atoms with Crippen molar-refractivity contribution >= 4 is 31.9 Å². The molecule has 4 heteroatoms. The van der Waals surface area contributed by atoms with Crippen LogP contribution in [0.15, 0.2) is 16.6 Å². The van der Waals surface area contributed by atoms with Gasteiger partial charge in [-0.3, -0.25) is 0 Å². The smallest absolute Gasteiger partial charge is 0.143 e. The van der Waals surface area contributed by atoms with Crippen LogP contribution in [0.3, 0.4) is 0 Å². The first-order valence-electron chi connectivity index (χ1n) is 6.36. The van der Waals surface area contributed by atoms with Crippen LogP contribution in [-0.2, 0) is 6.42 Å². The molecule has 0 aromatic heterocycles. The van der Waals surface area contributed by atoms with E-state index in [1.54, 1.807) is 0 Å². The molecule has 0 aliphatic heterocycles. The molecule has 0 saturated heterocycles. The average Bonchev–Trinajstić information content (AvgIpc) is 2.55. The number of alkyl halides is 1. The van der Waals surface area contributed by atoms with Crippen molar-refractivity contribution in [1.82, 2.24) is 0 Å². The Labute approximate surface area is 123 Å². The van der Waals surface area contributed by atoms with E-state index in [-0.39, 0.29) is 5.56 Å². The van der Waals surface area contributed by atoms with Gasteiger partial charge in [0.05, 0.1) is 4.47 Å². The number of hydrogen-bond acceptors (Lipinski definition) is 0. The summed E-state index contributed by atoms with van der Waals surface area (Å²) in [6, 6.07) is 2.76. The number of hydrogen-bond donors (Lipinski definition) is 0. The van der Waals surface area contributed by atoms with Crippen molar-refractivity contribution < 1.29 is 8.78 Å². The molecule has 1 aromatic rings. The fourth-order valence-corrected chi connectivity index (χ4v) is 3.73. The third-order valence-corrected chi connectivity index (χ3v) is 5.49. The van der Waals surface area contributed by atoms with E-state index in [4.69, 9.17) is 0 Å². The summed E-state index contributed by atoms with van der Waals surface area (Å²) in [7, 11) is 0. The van der Waals surface area contributed by atoms with E-state index in [0.29, 0.717) is 21.6 Å². The van der Waals surface area contributed by atoms with Crippen molar-refractivity contribution in [2.24, 2.45) is 5.92 Å². The summed E-state index contributed by atoms with van der Waals surface area (Å²) in [6.07, 6.45) is 6.21. The van der Waals surface area contributed by atoms with E-state index in [1.807, 2.05) is 0 Å². The van der Waals surface area contributed by atoms with Gasteiger partial charge in [0, 0.05) is 10.4 Å². The van der Waals surface area contributed by atoms with Crippen LogP contribution in [-0.4, -0.2) is 4.83 Å². The molecule has 0 heterocycles. The van der Waals surface area contributed by atoms with Gasteiger partial charge in [0.15, 0.2) is 0 Å². The van der Waals surface area contributed by atoms with E-state index in [9.17, 15) is 8.78 Å². The molecule has 0 nitrogen and oxygen atoms in total. The topological polar surface area (TPSA) is 0 Å². The molecular formula is C14H16Br2F2. The number of rotatable bonds is 2. The highest BCUT2D eigenvalue weighted by atomic mass is 79.9. The van der Waals surface area contributed by atoms with Crippen LogP contribution in [0, 0.1) is 17.6 Å². The quantitative estimate of drug-likeness (QED) is 0.354. The second kappa shape index (κ2) is 6.47. The van der Waals surface area contributed by atoms with E-state index in [1.165, 1.54) is 25.0 Å². The Kier molecular flexibility index (Phi) is 5.19. The van der Waals surface area contributed by atoms with Crippen molar-refractivity contribution in [2.45, 2.75) is 43.4 Å². The van der Waals surface area contributed by atoms with Crippen molar-refractivity contribution in [3.05, 3.63) is 33.8 Å². The Morgan fingerprint density at radius 3 is 2.61 bits per heavy atom. The maximum Gasteiger partial charge on any atom is 0.143 e. The zero-order chi connectivity index (χ0) is 13.1. The van der Waals surface area contributed by atoms with Gasteiger partial charge in [0.2, 0.25) is 0 Å². The molecule has 0 N–H and O–H groups in total. The molecule has 1 aliphatic carbocycles. The lowest BCUT2D eigenvalue weighted by molar-refractivity contribution is 0.447. The van der Waals surface area contributed by atoms with Crippen LogP contribution in [0.4, 0.5) is 8.78 Å². The Bertz CT molecular complexity index is 421. The van der Waals surface area contributed by atoms with Gasteiger partial charge < -0.3 is 0 Å². The monoisotopic (exact) mass is 380 g/mol. The normalized spacial score (nSPS) is 24.9. The third-order valence-electron chi connectivity index (χ3n) is 3.67. The third kappa shape index (κ3) is 3.32. The van der Waals surface area contributed by atoms with Crippen LogP contribution < -0.4 is 0 Å². The highest BCUT2D eigenvalue weighted by Gasteiger charge is 2.24. The van der Waals surface area contributed by atoms with Crippen LogP contribution in [0.2, 0.25) is 0 Å². The molecule has 100 valence electrons. The van der Waals surface area contributed by atoms with Crippen molar-refractivity contribution in [1.29, 1.82) is 0 Å². The van der Waals surface area contributed by atoms with Crippen LogP contribution in [0.1, 0.15) is 37.7 Å². The molecule has 2 rings (SSSR count). The lowest BCUT2D eigenvalue weighted by Gasteiger charge is -2.20. The van der Waals surface area contributed by atoms with Crippen LogP contribution in [0.5, 0.6) is 0 Å². The van der Waals surface area contributed by atoms with E-state index >= 15 is 0 Å². The summed E-state index contributed by atoms with van der Waals surface area (Å²) in [4.78, 5) is 0.373. The number of benzene rings is 1. The summed E-state index contributed by atoms with van der Waals surface area (Å²) >= 11 is 6.80. The molecule has 18 heavy (non-hydrogen) atoms. The second-order valence-corrected chi connectivity index (χ2v) is 6.97. The molecule has 1 saturated carbocycles. The molecule has 2 unspecified atom stereocenters. The van der Waals surface area contributed by atoms with Gasteiger partial charge in [-0.15, -0.1) is 0 Å². The lowest BCUT2D eigenvalue weighted by Crippen LogP contribution is -2.17. The molecular weight excluding hydrogens is 366 g/mol. The minimum absolute atomic E-state index is 0.223. The van der Waals surface area contributed by atoms with Crippen molar-refractivity contribution in [2.75, 3.05) is 0 Å². The maximum absolute atomic E-state index is 13.9. The van der Waals surface area contributed by atoms with Gasteiger partial charge in [0.1, 0.15) is 11.6 Å². The summed E-state index contributed by atoms with van der Waals surface area (Å²) < 4.78 is 28.0. The fraction of sp³-hybridized carbons (Fsp3) is 0.571. The van der Waals surface area contributed by atoms with Crippen molar-refractivity contribution in [3.63, 3.8) is 0 Å². The molecule has 0 bridgehead atoms. The van der Waals surface area contributed by atoms with Crippen LogP contribution in [0.25, 0.3) is 0 Å². The highest BCUT2D eigenvalue weighted by Crippen LogP contribution is 2.33. The van der Waals surface area contributed by atoms with E-state index < -0.39 is 11.6 Å². The van der Waals surface area contributed by atoms with Crippen LogP contribution >= 0.6 is 31.9 Å². The molecule has 0 radical (unpaired) electrons. The van der Waals surface area contributed by atoms with Gasteiger partial charge >= 0.3 is 0 Å².